The maximum Gasteiger partial charge on any atom is 0.190 e. The number of nitrogens with one attached hydrogen (secondary N) is 3. The lowest BCUT2D eigenvalue weighted by molar-refractivity contribution is 0.399. The van der Waals surface area contributed by atoms with Gasteiger partial charge in [0.15, 0.2) is 5.96 Å². The average Bonchev–Trinajstić information content (AvgIpc) is 2.91. The fraction of sp³-hybridized carbons (Fsp3) is 0.471. The molecule has 0 aliphatic carbocycles. The molecule has 1 heterocycles. The van der Waals surface area contributed by atoms with Crippen LogP contribution in [0.4, 0.5) is 4.39 Å². The van der Waals surface area contributed by atoms with Crippen LogP contribution in [-0.2, 0) is 6.42 Å². The Labute approximate surface area is 137 Å². The van der Waals surface area contributed by atoms with Gasteiger partial charge in [0.25, 0.3) is 0 Å². The van der Waals surface area contributed by atoms with Crippen molar-refractivity contribution in [3.05, 3.63) is 35.8 Å². The Hall–Kier alpha value is -2.08. The number of guanidine groups is 1. The zero-order valence-corrected chi connectivity index (χ0v) is 14.1. The maximum absolute atomic E-state index is 13.4. The molecule has 0 spiro atoms. The lowest BCUT2D eigenvalue weighted by Gasteiger charge is -2.13. The summed E-state index contributed by atoms with van der Waals surface area (Å²) in [5.74, 6) is 0.597. The number of H-pyrrole nitrogens is 1. The van der Waals surface area contributed by atoms with E-state index < -0.39 is 0 Å². The van der Waals surface area contributed by atoms with E-state index in [9.17, 15) is 4.39 Å². The highest BCUT2D eigenvalue weighted by molar-refractivity contribution is 5.83. The molecule has 2 aromatic rings. The predicted molar refractivity (Wildman–Crippen MR) is 94.5 cm³/mol. The van der Waals surface area contributed by atoms with Crippen molar-refractivity contribution in [3.63, 3.8) is 0 Å². The monoisotopic (exact) mass is 319 g/mol. The van der Waals surface area contributed by atoms with Crippen LogP contribution in [0.2, 0.25) is 0 Å². The minimum absolute atomic E-state index is 0.204. The number of aliphatic imine (C=N–C) groups is 1. The first-order chi connectivity index (χ1) is 11.1. The molecule has 0 bridgehead atoms. The Morgan fingerprint density at radius 3 is 2.78 bits per heavy atom. The minimum atomic E-state index is -0.204. The Morgan fingerprint density at radius 2 is 2.04 bits per heavy atom. The predicted octanol–water partition coefficient (Wildman–Crippen LogP) is 1.97. The lowest BCUT2D eigenvalue weighted by atomic mass is 10.1. The number of hydrogen-bond donors (Lipinski definition) is 3. The highest BCUT2D eigenvalue weighted by atomic mass is 19.1. The van der Waals surface area contributed by atoms with Crippen LogP contribution in [0.15, 0.2) is 29.4 Å². The van der Waals surface area contributed by atoms with Crippen LogP contribution in [-0.4, -0.2) is 56.6 Å². The molecule has 0 saturated heterocycles. The SMILES string of the molecule is CN=C(NCCCN(C)C)NCCc1c[nH]c2ccc(F)cc12. The van der Waals surface area contributed by atoms with Crippen LogP contribution in [0, 0.1) is 5.82 Å². The molecule has 0 unspecified atom stereocenters. The van der Waals surface area contributed by atoms with Gasteiger partial charge in [0.2, 0.25) is 0 Å². The second kappa shape index (κ2) is 8.53. The van der Waals surface area contributed by atoms with Gasteiger partial charge in [-0.1, -0.05) is 0 Å². The van der Waals surface area contributed by atoms with Crippen LogP contribution in [0.5, 0.6) is 0 Å². The summed E-state index contributed by atoms with van der Waals surface area (Å²) in [7, 11) is 5.90. The normalized spacial score (nSPS) is 12.1. The van der Waals surface area contributed by atoms with E-state index in [1.165, 1.54) is 6.07 Å². The number of benzene rings is 1. The van der Waals surface area contributed by atoms with E-state index in [0.29, 0.717) is 0 Å². The topological polar surface area (TPSA) is 55.5 Å². The van der Waals surface area contributed by atoms with Gasteiger partial charge in [-0.25, -0.2) is 4.39 Å². The number of aromatic nitrogens is 1. The summed E-state index contributed by atoms with van der Waals surface area (Å²) in [6.07, 6.45) is 3.82. The molecule has 0 aliphatic rings. The largest absolute Gasteiger partial charge is 0.361 e. The molecule has 126 valence electrons. The molecule has 0 radical (unpaired) electrons. The van der Waals surface area contributed by atoms with Gasteiger partial charge in [-0.3, -0.25) is 4.99 Å². The van der Waals surface area contributed by atoms with E-state index in [1.54, 1.807) is 19.2 Å². The molecule has 1 aromatic carbocycles. The fourth-order valence-electron chi connectivity index (χ4n) is 2.50. The average molecular weight is 319 g/mol. The van der Waals surface area contributed by atoms with Gasteiger partial charge in [-0.15, -0.1) is 0 Å². The highest BCUT2D eigenvalue weighted by Gasteiger charge is 2.05. The third-order valence-corrected chi connectivity index (χ3v) is 3.71. The van der Waals surface area contributed by atoms with E-state index >= 15 is 0 Å². The van der Waals surface area contributed by atoms with Gasteiger partial charge in [-0.2, -0.15) is 0 Å². The van der Waals surface area contributed by atoms with Gasteiger partial charge < -0.3 is 20.5 Å². The van der Waals surface area contributed by atoms with Gasteiger partial charge in [0, 0.05) is 37.2 Å². The van der Waals surface area contributed by atoms with Crippen molar-refractivity contribution in [2.75, 3.05) is 40.8 Å². The second-order valence-electron chi connectivity index (χ2n) is 5.84. The van der Waals surface area contributed by atoms with E-state index in [0.717, 1.165) is 54.9 Å². The van der Waals surface area contributed by atoms with Crippen LogP contribution >= 0.6 is 0 Å². The van der Waals surface area contributed by atoms with Crippen LogP contribution in [0.3, 0.4) is 0 Å². The summed E-state index contributed by atoms with van der Waals surface area (Å²) >= 11 is 0. The zero-order valence-electron chi connectivity index (χ0n) is 14.1. The van der Waals surface area contributed by atoms with Gasteiger partial charge in [-0.05, 0) is 57.2 Å². The van der Waals surface area contributed by atoms with Gasteiger partial charge in [0.05, 0.1) is 0 Å². The molecule has 0 fully saturated rings. The Morgan fingerprint density at radius 1 is 1.26 bits per heavy atom. The van der Waals surface area contributed by atoms with Gasteiger partial charge in [0.1, 0.15) is 5.82 Å². The van der Waals surface area contributed by atoms with Crippen molar-refractivity contribution < 1.29 is 4.39 Å². The summed E-state index contributed by atoms with van der Waals surface area (Å²) in [6, 6.07) is 4.82. The van der Waals surface area contributed by atoms with Gasteiger partial charge >= 0.3 is 0 Å². The first-order valence-electron chi connectivity index (χ1n) is 7.95. The molecular formula is C17H26FN5. The van der Waals surface area contributed by atoms with Crippen molar-refractivity contribution in [2.24, 2.45) is 4.99 Å². The third kappa shape index (κ3) is 5.25. The van der Waals surface area contributed by atoms with E-state index in [1.807, 2.05) is 6.20 Å². The third-order valence-electron chi connectivity index (χ3n) is 3.71. The molecule has 5 nitrogen and oxygen atoms in total. The van der Waals surface area contributed by atoms with E-state index in [2.05, 4.69) is 39.6 Å². The molecule has 2 rings (SSSR count). The van der Waals surface area contributed by atoms with Crippen LogP contribution in [0.25, 0.3) is 10.9 Å². The molecule has 0 amide bonds. The number of aromatic amines is 1. The lowest BCUT2D eigenvalue weighted by Crippen LogP contribution is -2.39. The van der Waals surface area contributed by atoms with Crippen LogP contribution < -0.4 is 10.6 Å². The molecular weight excluding hydrogens is 293 g/mol. The summed E-state index contributed by atoms with van der Waals surface area (Å²) in [5.41, 5.74) is 2.07. The Bertz CT molecular complexity index is 647. The molecule has 3 N–H and O–H groups in total. The zero-order chi connectivity index (χ0) is 16.7. The number of nitrogens with zero attached hydrogens (tertiary/aromatic N) is 2. The summed E-state index contributed by atoms with van der Waals surface area (Å²) in [5, 5.41) is 7.53. The number of fused-ring (bicyclic) bond motifs is 1. The summed E-state index contributed by atoms with van der Waals surface area (Å²) in [4.78, 5) is 9.55. The Balaban J connectivity index is 1.79. The summed E-state index contributed by atoms with van der Waals surface area (Å²) in [6.45, 7) is 2.68. The molecule has 0 saturated carbocycles. The van der Waals surface area contributed by atoms with Crippen molar-refractivity contribution in [1.29, 1.82) is 0 Å². The van der Waals surface area contributed by atoms with Crippen LogP contribution in [0.1, 0.15) is 12.0 Å². The fourth-order valence-corrected chi connectivity index (χ4v) is 2.50. The number of halogens is 1. The molecule has 6 heteroatoms. The number of rotatable bonds is 7. The molecule has 23 heavy (non-hydrogen) atoms. The quantitative estimate of drug-likeness (QED) is 0.415. The molecule has 1 aromatic heterocycles. The second-order valence-corrected chi connectivity index (χ2v) is 5.84. The Kier molecular flexibility index (Phi) is 6.40. The summed E-state index contributed by atoms with van der Waals surface area (Å²) < 4.78 is 13.4. The van der Waals surface area contributed by atoms with E-state index in [4.69, 9.17) is 0 Å². The van der Waals surface area contributed by atoms with E-state index in [-0.39, 0.29) is 5.82 Å². The molecule has 0 atom stereocenters. The standard InChI is InChI=1S/C17H26FN5/c1-19-17(20-8-4-10-23(2)3)21-9-7-13-12-22-16-6-5-14(18)11-15(13)16/h5-6,11-12,22H,4,7-10H2,1-3H3,(H2,19,20,21). The smallest absolute Gasteiger partial charge is 0.190 e. The maximum atomic E-state index is 13.4. The van der Waals surface area contributed by atoms with Crippen molar-refractivity contribution in [1.82, 2.24) is 20.5 Å². The minimum Gasteiger partial charge on any atom is -0.361 e. The highest BCUT2D eigenvalue weighted by Crippen LogP contribution is 2.19. The van der Waals surface area contributed by atoms with Crippen molar-refractivity contribution in [3.8, 4) is 0 Å². The first-order valence-corrected chi connectivity index (χ1v) is 7.95. The number of hydrogen-bond acceptors (Lipinski definition) is 2. The van der Waals surface area contributed by atoms with Crippen molar-refractivity contribution in [2.45, 2.75) is 12.8 Å². The van der Waals surface area contributed by atoms with Crippen molar-refractivity contribution >= 4 is 16.9 Å². The molecule has 0 aliphatic heterocycles. The first kappa shape index (κ1) is 17.3.